The Morgan fingerprint density at radius 3 is 2.61 bits per heavy atom. The number of terminal acetylenes is 1. The lowest BCUT2D eigenvalue weighted by Gasteiger charge is -2.28. The van der Waals surface area contributed by atoms with Crippen molar-refractivity contribution >= 4 is 17.0 Å². The van der Waals surface area contributed by atoms with E-state index in [0.717, 1.165) is 0 Å². The van der Waals surface area contributed by atoms with Crippen LogP contribution in [0.2, 0.25) is 0 Å². The molecule has 0 saturated heterocycles. The van der Waals surface area contributed by atoms with Crippen molar-refractivity contribution in [3.63, 3.8) is 0 Å². The monoisotopic (exact) mass is 243 g/mol. The SMILES string of the molecule is C#Cc1nc(N)c2ncn([C@@H](C)C(C)(C)C)c2n1. The van der Waals surface area contributed by atoms with Gasteiger partial charge in [-0.25, -0.2) is 15.0 Å². The quantitative estimate of drug-likeness (QED) is 0.778. The summed E-state index contributed by atoms with van der Waals surface area (Å²) in [4.78, 5) is 12.6. The third-order valence-electron chi connectivity index (χ3n) is 3.25. The Kier molecular flexibility index (Phi) is 2.74. The largest absolute Gasteiger partial charge is 0.382 e. The van der Waals surface area contributed by atoms with E-state index in [1.165, 1.54) is 0 Å². The summed E-state index contributed by atoms with van der Waals surface area (Å²) >= 11 is 0. The number of hydrogen-bond donors (Lipinski definition) is 1. The van der Waals surface area contributed by atoms with Gasteiger partial charge in [-0.15, -0.1) is 6.42 Å². The lowest BCUT2D eigenvalue weighted by atomic mass is 9.88. The minimum atomic E-state index is 0.0870. The van der Waals surface area contributed by atoms with E-state index < -0.39 is 0 Å². The second-order valence-corrected chi connectivity index (χ2v) is 5.44. The van der Waals surface area contributed by atoms with Crippen molar-refractivity contribution in [2.75, 3.05) is 5.73 Å². The van der Waals surface area contributed by atoms with E-state index in [2.05, 4.69) is 48.6 Å². The van der Waals surface area contributed by atoms with Gasteiger partial charge in [-0.1, -0.05) is 20.8 Å². The normalized spacial score (nSPS) is 13.5. The molecule has 0 aliphatic carbocycles. The zero-order chi connectivity index (χ0) is 13.5. The highest BCUT2D eigenvalue weighted by Gasteiger charge is 2.24. The van der Waals surface area contributed by atoms with E-state index in [-0.39, 0.29) is 11.5 Å². The van der Waals surface area contributed by atoms with Gasteiger partial charge in [0.05, 0.1) is 6.33 Å². The van der Waals surface area contributed by atoms with Gasteiger partial charge < -0.3 is 10.3 Å². The Hall–Kier alpha value is -2.09. The molecule has 0 radical (unpaired) electrons. The molecule has 1 atom stereocenters. The van der Waals surface area contributed by atoms with E-state index in [1.807, 2.05) is 4.57 Å². The van der Waals surface area contributed by atoms with Crippen LogP contribution in [0.4, 0.5) is 5.82 Å². The Morgan fingerprint density at radius 2 is 2.06 bits per heavy atom. The fourth-order valence-electron chi connectivity index (χ4n) is 1.70. The van der Waals surface area contributed by atoms with Crippen LogP contribution in [0.15, 0.2) is 6.33 Å². The number of imidazole rings is 1. The molecule has 18 heavy (non-hydrogen) atoms. The van der Waals surface area contributed by atoms with Gasteiger partial charge in [-0.3, -0.25) is 0 Å². The number of rotatable bonds is 1. The molecule has 0 saturated carbocycles. The molecule has 2 aromatic rings. The van der Waals surface area contributed by atoms with Crippen molar-refractivity contribution in [1.29, 1.82) is 0 Å². The molecule has 2 rings (SSSR count). The first-order valence-corrected chi connectivity index (χ1v) is 5.81. The van der Waals surface area contributed by atoms with Crippen LogP contribution >= 0.6 is 0 Å². The molecule has 2 heterocycles. The van der Waals surface area contributed by atoms with Crippen molar-refractivity contribution < 1.29 is 0 Å². The molecular weight excluding hydrogens is 226 g/mol. The van der Waals surface area contributed by atoms with E-state index in [1.54, 1.807) is 6.33 Å². The molecule has 0 unspecified atom stereocenters. The zero-order valence-electron chi connectivity index (χ0n) is 11.1. The molecule has 2 N–H and O–H groups in total. The molecule has 0 spiro atoms. The molecule has 0 fully saturated rings. The summed E-state index contributed by atoms with van der Waals surface area (Å²) in [5, 5.41) is 0. The first-order valence-electron chi connectivity index (χ1n) is 5.81. The van der Waals surface area contributed by atoms with E-state index in [4.69, 9.17) is 12.2 Å². The summed E-state index contributed by atoms with van der Waals surface area (Å²) in [6.45, 7) is 8.61. The van der Waals surface area contributed by atoms with Crippen molar-refractivity contribution in [2.45, 2.75) is 33.7 Å². The third kappa shape index (κ3) is 1.90. The van der Waals surface area contributed by atoms with Crippen LogP contribution in [0.1, 0.15) is 39.6 Å². The molecule has 0 bridgehead atoms. The first kappa shape index (κ1) is 12.4. The van der Waals surface area contributed by atoms with Gasteiger partial charge >= 0.3 is 0 Å². The Labute approximate surface area is 106 Å². The van der Waals surface area contributed by atoms with Crippen molar-refractivity contribution in [3.8, 4) is 12.3 Å². The Bertz CT molecular complexity index is 627. The number of nitrogens with two attached hydrogens (primary N) is 1. The molecule has 5 nitrogen and oxygen atoms in total. The summed E-state index contributed by atoms with van der Waals surface area (Å²) in [6, 6.07) is 0.224. The van der Waals surface area contributed by atoms with E-state index in [0.29, 0.717) is 22.8 Å². The van der Waals surface area contributed by atoms with Gasteiger partial charge in [-0.2, -0.15) is 0 Å². The maximum absolute atomic E-state index is 5.83. The number of anilines is 1. The summed E-state index contributed by atoms with van der Waals surface area (Å²) in [7, 11) is 0. The van der Waals surface area contributed by atoms with Crippen LogP contribution in [-0.2, 0) is 0 Å². The fraction of sp³-hybridized carbons (Fsp3) is 0.462. The van der Waals surface area contributed by atoms with Crippen LogP contribution in [0.3, 0.4) is 0 Å². The van der Waals surface area contributed by atoms with Crippen LogP contribution in [0.5, 0.6) is 0 Å². The maximum Gasteiger partial charge on any atom is 0.208 e. The highest BCUT2D eigenvalue weighted by molar-refractivity contribution is 5.82. The van der Waals surface area contributed by atoms with Gasteiger partial charge in [0, 0.05) is 6.04 Å². The fourth-order valence-corrected chi connectivity index (χ4v) is 1.70. The minimum Gasteiger partial charge on any atom is -0.382 e. The molecule has 94 valence electrons. The molecule has 0 aliphatic heterocycles. The Balaban J connectivity index is 2.68. The smallest absolute Gasteiger partial charge is 0.208 e. The number of nitrogen functional groups attached to an aromatic ring is 1. The zero-order valence-corrected chi connectivity index (χ0v) is 11.1. The van der Waals surface area contributed by atoms with Crippen LogP contribution in [0.25, 0.3) is 11.2 Å². The highest BCUT2D eigenvalue weighted by Crippen LogP contribution is 2.32. The highest BCUT2D eigenvalue weighted by atomic mass is 15.2. The van der Waals surface area contributed by atoms with Gasteiger partial charge in [-0.05, 0) is 18.3 Å². The van der Waals surface area contributed by atoms with Crippen LogP contribution in [-0.4, -0.2) is 19.5 Å². The predicted octanol–water partition coefficient (Wildman–Crippen LogP) is 2.00. The molecule has 0 aliphatic rings. The third-order valence-corrected chi connectivity index (χ3v) is 3.25. The van der Waals surface area contributed by atoms with E-state index >= 15 is 0 Å². The first-order chi connectivity index (χ1) is 8.34. The van der Waals surface area contributed by atoms with Gasteiger partial charge in [0.25, 0.3) is 0 Å². The standard InChI is InChI=1S/C13H17N5/c1-6-9-16-11(14)10-12(17-9)18(7-15-10)8(2)13(3,4)5/h1,7-8H,2-5H3,(H2,14,16,17)/t8-/m0/s1. The topological polar surface area (TPSA) is 69.6 Å². The maximum atomic E-state index is 5.83. The van der Waals surface area contributed by atoms with Gasteiger partial charge in [0.2, 0.25) is 5.82 Å². The average Bonchev–Trinajstić information content (AvgIpc) is 2.70. The van der Waals surface area contributed by atoms with Crippen molar-refractivity contribution in [2.24, 2.45) is 5.41 Å². The summed E-state index contributed by atoms with van der Waals surface area (Å²) < 4.78 is 1.99. The lowest BCUT2D eigenvalue weighted by Crippen LogP contribution is -2.21. The molecule has 5 heteroatoms. The summed E-state index contributed by atoms with van der Waals surface area (Å²) in [6.07, 6.45) is 7.07. The minimum absolute atomic E-state index is 0.0870. The Morgan fingerprint density at radius 1 is 1.39 bits per heavy atom. The van der Waals surface area contributed by atoms with Gasteiger partial charge in [0.1, 0.15) is 5.52 Å². The molecular formula is C13H17N5. The van der Waals surface area contributed by atoms with Gasteiger partial charge in [0.15, 0.2) is 11.5 Å². The molecule has 0 amide bonds. The average molecular weight is 243 g/mol. The van der Waals surface area contributed by atoms with Crippen LogP contribution < -0.4 is 5.73 Å². The summed E-state index contributed by atoms with van der Waals surface area (Å²) in [5.74, 6) is 3.03. The van der Waals surface area contributed by atoms with Crippen molar-refractivity contribution in [3.05, 3.63) is 12.2 Å². The second-order valence-electron chi connectivity index (χ2n) is 5.44. The predicted molar refractivity (Wildman–Crippen MR) is 71.8 cm³/mol. The number of aromatic nitrogens is 4. The van der Waals surface area contributed by atoms with Crippen LogP contribution in [0, 0.1) is 17.8 Å². The molecule has 2 aromatic heterocycles. The summed E-state index contributed by atoms with van der Waals surface area (Å²) in [5.41, 5.74) is 7.21. The lowest BCUT2D eigenvalue weighted by molar-refractivity contribution is 0.266. The number of fused-ring (bicyclic) bond motifs is 1. The van der Waals surface area contributed by atoms with E-state index in [9.17, 15) is 0 Å². The number of nitrogens with zero attached hydrogens (tertiary/aromatic N) is 4. The molecule has 0 aromatic carbocycles. The number of hydrogen-bond acceptors (Lipinski definition) is 4. The second kappa shape index (κ2) is 3.98. The van der Waals surface area contributed by atoms with Crippen molar-refractivity contribution in [1.82, 2.24) is 19.5 Å².